The summed E-state index contributed by atoms with van der Waals surface area (Å²) in [5, 5.41) is 39.9. The molecule has 1 unspecified atom stereocenters. The van der Waals surface area contributed by atoms with E-state index in [1.165, 1.54) is 25.4 Å². The maximum atomic E-state index is 13.4. The van der Waals surface area contributed by atoms with Crippen molar-refractivity contribution in [3.63, 3.8) is 0 Å². The Labute approximate surface area is 315 Å². The fourth-order valence-corrected chi connectivity index (χ4v) is 12.4. The van der Waals surface area contributed by atoms with E-state index in [-0.39, 0.29) is 28.0 Å². The van der Waals surface area contributed by atoms with Crippen molar-refractivity contribution in [2.75, 3.05) is 0 Å². The number of nitriles is 4. The molecule has 2 aliphatic carbocycles. The Hall–Kier alpha value is -5.85. The van der Waals surface area contributed by atoms with Crippen molar-refractivity contribution in [2.45, 2.75) is 25.5 Å². The second-order valence-corrected chi connectivity index (χ2v) is 17.0. The first-order valence-electron chi connectivity index (χ1n) is 16.1. The summed E-state index contributed by atoms with van der Waals surface area (Å²) in [6.45, 7) is 4.29. The lowest BCUT2D eigenvalue weighted by atomic mass is 9.98. The first-order valence-corrected chi connectivity index (χ1v) is 19.4. The standard InChI is InChI=1S/C42H22N4O2S4/c1-21-35-22(2)41(34-14-12-26(50-34)16-32-37(24(19-45)20-46)28-8-4-6-10-30(28)39(32)48)52-42(35)51-40(21)33-13-11-25(49-33)15-31-36(23(17-43)18-44)27-7-3-5-9-29(27)38(31)47/h3-11,13-16,26H,12H2,1-2H3/b31-15-,32-16-. The van der Waals surface area contributed by atoms with Crippen LogP contribution in [0.3, 0.4) is 0 Å². The molecule has 0 amide bonds. The smallest absolute Gasteiger partial charge is 0.194 e. The zero-order valence-corrected chi connectivity index (χ0v) is 30.8. The molecule has 5 aromatic rings. The van der Waals surface area contributed by atoms with Crippen LogP contribution < -0.4 is 0 Å². The summed E-state index contributed by atoms with van der Waals surface area (Å²) in [4.78, 5) is 32.3. The predicted octanol–water partition coefficient (Wildman–Crippen LogP) is 10.9. The average molecular weight is 743 g/mol. The van der Waals surface area contributed by atoms with E-state index in [2.05, 4.69) is 26.0 Å². The van der Waals surface area contributed by atoms with Gasteiger partial charge in [-0.05, 0) is 60.7 Å². The topological polar surface area (TPSA) is 129 Å². The monoisotopic (exact) mass is 742 g/mol. The minimum absolute atomic E-state index is 0.0148. The molecule has 52 heavy (non-hydrogen) atoms. The van der Waals surface area contributed by atoms with Gasteiger partial charge in [-0.2, -0.15) is 21.0 Å². The van der Waals surface area contributed by atoms with Gasteiger partial charge < -0.3 is 0 Å². The summed E-state index contributed by atoms with van der Waals surface area (Å²) in [5.41, 5.74) is 6.12. The number of ketones is 2. The van der Waals surface area contributed by atoms with Gasteiger partial charge in [-0.3, -0.25) is 9.59 Å². The van der Waals surface area contributed by atoms with Crippen LogP contribution in [0.2, 0.25) is 0 Å². The van der Waals surface area contributed by atoms with Crippen molar-refractivity contribution in [1.82, 2.24) is 0 Å². The first kappa shape index (κ1) is 33.3. The zero-order valence-electron chi connectivity index (χ0n) is 27.5. The predicted molar refractivity (Wildman–Crippen MR) is 210 cm³/mol. The highest BCUT2D eigenvalue weighted by Gasteiger charge is 2.35. The fourth-order valence-electron chi connectivity index (χ4n) is 7.07. The molecule has 246 valence electrons. The molecule has 0 spiro atoms. The lowest BCUT2D eigenvalue weighted by molar-refractivity contribution is 0.103. The van der Waals surface area contributed by atoms with E-state index in [4.69, 9.17) is 0 Å². The number of thioether (sulfide) groups is 1. The van der Waals surface area contributed by atoms with Crippen molar-refractivity contribution < 1.29 is 9.59 Å². The van der Waals surface area contributed by atoms with Crippen molar-refractivity contribution in [3.8, 4) is 34.0 Å². The van der Waals surface area contributed by atoms with Crippen molar-refractivity contribution in [1.29, 1.82) is 21.0 Å². The highest BCUT2D eigenvalue weighted by Crippen LogP contribution is 2.52. The Bertz CT molecular complexity index is 2770. The molecule has 1 atom stereocenters. The second kappa shape index (κ2) is 13.0. The molecule has 0 fully saturated rings. The molecule has 4 heterocycles. The van der Waals surface area contributed by atoms with E-state index < -0.39 is 0 Å². The first-order chi connectivity index (χ1) is 25.3. The third-order valence-electron chi connectivity index (χ3n) is 9.41. The zero-order chi connectivity index (χ0) is 36.3. The molecule has 3 aliphatic rings. The number of hydrogen-bond acceptors (Lipinski definition) is 10. The van der Waals surface area contributed by atoms with E-state index >= 15 is 0 Å². The van der Waals surface area contributed by atoms with Crippen molar-refractivity contribution in [2.24, 2.45) is 0 Å². The van der Waals surface area contributed by atoms with Gasteiger partial charge in [0.05, 0.1) is 4.01 Å². The number of hydrogen-bond donors (Lipinski definition) is 0. The van der Waals surface area contributed by atoms with Gasteiger partial charge >= 0.3 is 0 Å². The van der Waals surface area contributed by atoms with Crippen LogP contribution in [-0.4, -0.2) is 16.8 Å². The van der Waals surface area contributed by atoms with Gasteiger partial charge in [-0.25, -0.2) is 0 Å². The summed E-state index contributed by atoms with van der Waals surface area (Å²) in [6, 6.07) is 26.2. The van der Waals surface area contributed by atoms with Crippen LogP contribution in [0.1, 0.15) is 59.1 Å². The molecule has 6 nitrogen and oxygen atoms in total. The Balaban J connectivity index is 1.08. The van der Waals surface area contributed by atoms with E-state index in [1.807, 2.05) is 42.5 Å². The number of allylic oxidation sites excluding steroid dienone is 7. The average Bonchev–Trinajstić information content (AvgIpc) is 4.01. The Kier molecular flexibility index (Phi) is 8.35. The number of fused-ring (bicyclic) bond motifs is 3. The Morgan fingerprint density at radius 1 is 0.692 bits per heavy atom. The molecule has 8 rings (SSSR count). The molecular weight excluding hydrogens is 721 g/mol. The quantitative estimate of drug-likeness (QED) is 0.132. The maximum absolute atomic E-state index is 13.4. The summed E-state index contributed by atoms with van der Waals surface area (Å²) in [6.07, 6.45) is 6.66. The summed E-state index contributed by atoms with van der Waals surface area (Å²) in [5.74, 6) is -0.347. The van der Waals surface area contributed by atoms with Gasteiger partial charge in [-0.1, -0.05) is 60.7 Å². The number of carbonyl (C=O) groups excluding carboxylic acids is 2. The van der Waals surface area contributed by atoms with E-state index in [0.717, 1.165) is 26.0 Å². The second-order valence-electron chi connectivity index (χ2n) is 12.3. The molecule has 0 saturated heterocycles. The molecule has 0 bridgehead atoms. The van der Waals surface area contributed by atoms with Crippen LogP contribution in [0.25, 0.3) is 41.3 Å². The van der Waals surface area contributed by atoms with Crippen LogP contribution in [0.4, 0.5) is 0 Å². The third-order valence-corrected chi connectivity index (χ3v) is 14.7. The van der Waals surface area contributed by atoms with Crippen LogP contribution >= 0.6 is 45.8 Å². The number of rotatable bonds is 4. The number of benzene rings is 2. The van der Waals surface area contributed by atoms with Gasteiger partial charge in [0.1, 0.15) is 35.4 Å². The lowest BCUT2D eigenvalue weighted by Gasteiger charge is -2.08. The molecule has 2 aromatic carbocycles. The fraction of sp³-hybridized carbons (Fsp3) is 0.0952. The lowest BCUT2D eigenvalue weighted by Crippen LogP contribution is -2.01. The number of thiophene rings is 3. The minimum atomic E-state index is -0.192. The number of Topliss-reactive ketones (excluding diaryl/α,β-unsaturated/α-hetero) is 2. The number of nitrogens with zero attached hydrogens (tertiary/aromatic N) is 4. The Morgan fingerprint density at radius 3 is 1.83 bits per heavy atom. The highest BCUT2D eigenvalue weighted by molar-refractivity contribution is 8.09. The largest absolute Gasteiger partial charge is 0.289 e. The molecule has 1 aliphatic heterocycles. The maximum Gasteiger partial charge on any atom is 0.194 e. The molecule has 3 aromatic heterocycles. The third kappa shape index (κ3) is 5.17. The molecule has 0 saturated carbocycles. The molecule has 0 radical (unpaired) electrons. The van der Waals surface area contributed by atoms with Gasteiger partial charge in [0, 0.05) is 68.5 Å². The van der Waals surface area contributed by atoms with Crippen molar-refractivity contribution >= 4 is 88.9 Å². The van der Waals surface area contributed by atoms with E-state index in [0.29, 0.717) is 44.5 Å². The van der Waals surface area contributed by atoms with Gasteiger partial charge in [0.2, 0.25) is 0 Å². The van der Waals surface area contributed by atoms with Gasteiger partial charge in [0.25, 0.3) is 0 Å². The molecule has 10 heteroatoms. The number of aryl methyl sites for hydroxylation is 2. The van der Waals surface area contributed by atoms with Crippen molar-refractivity contribution in [3.05, 3.63) is 138 Å². The van der Waals surface area contributed by atoms with E-state index in [9.17, 15) is 30.6 Å². The van der Waals surface area contributed by atoms with Crippen LogP contribution in [0, 0.1) is 59.2 Å². The van der Waals surface area contributed by atoms with Crippen LogP contribution in [-0.2, 0) is 0 Å². The minimum Gasteiger partial charge on any atom is -0.289 e. The number of carbonyl (C=O) groups is 2. The van der Waals surface area contributed by atoms with Gasteiger partial charge in [0.15, 0.2) is 11.6 Å². The normalized spacial score (nSPS) is 17.6. The van der Waals surface area contributed by atoms with Gasteiger partial charge in [-0.15, -0.1) is 45.8 Å². The SMILES string of the molecule is Cc1c(C2=CCC(/C=C3\C(=O)c4ccccc4C3=C(C#N)C#N)S2)sc2sc(-c3ccc(/C=C4\C(=O)c5ccccc5C4=C(C#N)C#N)s3)c(C)c12. The summed E-state index contributed by atoms with van der Waals surface area (Å²) >= 11 is 6.78. The van der Waals surface area contributed by atoms with E-state index in [1.54, 1.807) is 94.3 Å². The summed E-state index contributed by atoms with van der Waals surface area (Å²) in [7, 11) is 0. The van der Waals surface area contributed by atoms with Crippen LogP contribution in [0.15, 0.2) is 95.1 Å². The molecular formula is C42H22N4O2S4. The Morgan fingerprint density at radius 2 is 1.23 bits per heavy atom. The van der Waals surface area contributed by atoms with Crippen LogP contribution in [0.5, 0.6) is 0 Å². The highest BCUT2D eigenvalue weighted by atomic mass is 32.2. The summed E-state index contributed by atoms with van der Waals surface area (Å²) < 4.78 is 1.22. The molecule has 0 N–H and O–H groups in total.